The molecule has 0 fully saturated rings. The lowest BCUT2D eigenvalue weighted by atomic mass is 10.5. The molecule has 0 spiro atoms. The molecule has 0 saturated carbocycles. The summed E-state index contributed by atoms with van der Waals surface area (Å²) < 4.78 is 0. The van der Waals surface area contributed by atoms with Crippen LogP contribution in [0.3, 0.4) is 0 Å². The van der Waals surface area contributed by atoms with Crippen LogP contribution in [0.15, 0.2) is 12.4 Å². The van der Waals surface area contributed by atoms with Crippen LogP contribution < -0.4 is 11.3 Å². The fraction of sp³-hybridized carbons (Fsp3) is 0. The van der Waals surface area contributed by atoms with Gasteiger partial charge in [0.1, 0.15) is 0 Å². The Bertz CT molecular complexity index is 258. The molecule has 6 heteroatoms. The second-order valence-corrected chi connectivity index (χ2v) is 1.74. The Hall–Kier alpha value is -1.69. The highest BCUT2D eigenvalue weighted by Crippen LogP contribution is 2.01. The lowest BCUT2D eigenvalue weighted by Crippen LogP contribution is -2.31. The van der Waals surface area contributed by atoms with E-state index in [-0.39, 0.29) is 11.6 Å². The van der Waals surface area contributed by atoms with Crippen molar-refractivity contribution < 1.29 is 9.90 Å². The Morgan fingerprint density at radius 1 is 1.55 bits per heavy atom. The topological polar surface area (TPSA) is 101 Å². The summed E-state index contributed by atoms with van der Waals surface area (Å²) in [5.41, 5.74) is 1.86. The van der Waals surface area contributed by atoms with Gasteiger partial charge in [-0.2, -0.15) is 0 Å². The van der Waals surface area contributed by atoms with Gasteiger partial charge in [-0.15, -0.1) is 0 Å². The number of nitrogen functional groups attached to an aromatic ring is 1. The van der Waals surface area contributed by atoms with Crippen LogP contribution in [0.1, 0.15) is 10.6 Å². The molecular formula is C5H6N4O2. The van der Waals surface area contributed by atoms with Gasteiger partial charge in [0.25, 0.3) is 0 Å². The van der Waals surface area contributed by atoms with E-state index in [9.17, 15) is 4.79 Å². The highest BCUT2D eigenvalue weighted by atomic mass is 16.3. The van der Waals surface area contributed by atoms with Crippen molar-refractivity contribution in [1.29, 1.82) is 0 Å². The first kappa shape index (κ1) is 7.42. The number of carbonyl (C=O) groups is 1. The zero-order chi connectivity index (χ0) is 8.27. The molecule has 0 aliphatic carbocycles. The molecule has 0 aromatic carbocycles. The van der Waals surface area contributed by atoms with Gasteiger partial charge in [-0.25, -0.2) is 15.8 Å². The number of aromatic hydroxyl groups is 1. The first-order chi connectivity index (χ1) is 5.24. The van der Waals surface area contributed by atoms with Crippen molar-refractivity contribution in [3.63, 3.8) is 0 Å². The molecule has 1 heterocycles. The predicted octanol–water partition coefficient (Wildman–Crippen LogP) is -1.21. The number of nitrogens with two attached hydrogens (primary N) is 1. The number of hydrazine groups is 1. The quantitative estimate of drug-likeness (QED) is 0.267. The molecule has 11 heavy (non-hydrogen) atoms. The summed E-state index contributed by atoms with van der Waals surface area (Å²) in [6.45, 7) is 0. The molecule has 1 rings (SSSR count). The molecule has 1 aromatic rings. The van der Waals surface area contributed by atoms with Gasteiger partial charge in [-0.05, 0) is 0 Å². The van der Waals surface area contributed by atoms with Crippen molar-refractivity contribution in [3.8, 4) is 5.75 Å². The maximum atomic E-state index is 10.7. The standard InChI is InChI=1S/C5H6N4O2/c6-9-5(11)4-7-1-3(10)2-8-4/h1-2,10H,6H2,(H,9,11). The van der Waals surface area contributed by atoms with Crippen LogP contribution in [-0.2, 0) is 0 Å². The lowest BCUT2D eigenvalue weighted by molar-refractivity contribution is 0.0943. The summed E-state index contributed by atoms with van der Waals surface area (Å²) in [4.78, 5) is 17.7. The highest BCUT2D eigenvalue weighted by Gasteiger charge is 2.04. The van der Waals surface area contributed by atoms with Crippen molar-refractivity contribution in [2.75, 3.05) is 0 Å². The number of amides is 1. The maximum Gasteiger partial charge on any atom is 0.302 e. The SMILES string of the molecule is NNC(=O)c1ncc(O)cn1. The minimum absolute atomic E-state index is 0.0784. The number of carbonyl (C=O) groups excluding carboxylic acids is 1. The summed E-state index contributed by atoms with van der Waals surface area (Å²) >= 11 is 0. The monoisotopic (exact) mass is 154 g/mol. The van der Waals surface area contributed by atoms with E-state index >= 15 is 0 Å². The lowest BCUT2D eigenvalue weighted by Gasteiger charge is -1.95. The van der Waals surface area contributed by atoms with Crippen LogP contribution >= 0.6 is 0 Å². The van der Waals surface area contributed by atoms with E-state index in [0.717, 1.165) is 12.4 Å². The van der Waals surface area contributed by atoms with Crippen LogP contribution in [0.4, 0.5) is 0 Å². The first-order valence-corrected chi connectivity index (χ1v) is 2.76. The van der Waals surface area contributed by atoms with E-state index in [4.69, 9.17) is 10.9 Å². The highest BCUT2D eigenvalue weighted by molar-refractivity contribution is 5.89. The van der Waals surface area contributed by atoms with Crippen LogP contribution in [0.25, 0.3) is 0 Å². The van der Waals surface area contributed by atoms with E-state index in [1.165, 1.54) is 0 Å². The normalized spacial score (nSPS) is 9.18. The Morgan fingerprint density at radius 2 is 2.09 bits per heavy atom. The second-order valence-electron chi connectivity index (χ2n) is 1.74. The maximum absolute atomic E-state index is 10.7. The van der Waals surface area contributed by atoms with Gasteiger partial charge in [-0.3, -0.25) is 10.2 Å². The molecule has 0 radical (unpaired) electrons. The fourth-order valence-electron chi connectivity index (χ4n) is 0.503. The molecule has 1 amide bonds. The van der Waals surface area contributed by atoms with Crippen LogP contribution in [0.2, 0.25) is 0 Å². The van der Waals surface area contributed by atoms with Crippen LogP contribution in [-0.4, -0.2) is 21.0 Å². The molecule has 0 unspecified atom stereocenters. The summed E-state index contributed by atoms with van der Waals surface area (Å²) in [5, 5.41) is 8.72. The van der Waals surface area contributed by atoms with Crippen molar-refractivity contribution >= 4 is 5.91 Å². The first-order valence-electron chi connectivity index (χ1n) is 2.76. The van der Waals surface area contributed by atoms with E-state index in [1.807, 2.05) is 5.43 Å². The van der Waals surface area contributed by atoms with Crippen LogP contribution in [0.5, 0.6) is 5.75 Å². The van der Waals surface area contributed by atoms with Gasteiger partial charge in [0, 0.05) is 0 Å². The molecule has 6 nitrogen and oxygen atoms in total. The van der Waals surface area contributed by atoms with Gasteiger partial charge in [-0.1, -0.05) is 0 Å². The minimum atomic E-state index is -0.593. The molecule has 1 aromatic heterocycles. The average Bonchev–Trinajstić information content (AvgIpc) is 2.05. The third kappa shape index (κ3) is 1.62. The number of hydrogen-bond acceptors (Lipinski definition) is 5. The molecule has 0 aliphatic heterocycles. The van der Waals surface area contributed by atoms with E-state index in [1.54, 1.807) is 0 Å². The Morgan fingerprint density at radius 3 is 2.55 bits per heavy atom. The number of nitrogens with zero attached hydrogens (tertiary/aromatic N) is 2. The molecule has 58 valence electrons. The summed E-state index contributed by atoms with van der Waals surface area (Å²) in [6, 6.07) is 0. The molecule has 0 atom stereocenters. The second kappa shape index (κ2) is 2.93. The molecule has 0 bridgehead atoms. The number of rotatable bonds is 1. The Kier molecular flexibility index (Phi) is 1.98. The van der Waals surface area contributed by atoms with Gasteiger partial charge in [0.2, 0.25) is 5.82 Å². The van der Waals surface area contributed by atoms with Crippen molar-refractivity contribution in [3.05, 3.63) is 18.2 Å². The summed E-state index contributed by atoms with van der Waals surface area (Å²) in [6.07, 6.45) is 2.22. The van der Waals surface area contributed by atoms with E-state index in [2.05, 4.69) is 9.97 Å². The smallest absolute Gasteiger partial charge is 0.302 e. The van der Waals surface area contributed by atoms with Gasteiger partial charge in [0.05, 0.1) is 12.4 Å². The van der Waals surface area contributed by atoms with Crippen LogP contribution in [0, 0.1) is 0 Å². The Labute approximate surface area is 62.1 Å². The average molecular weight is 154 g/mol. The third-order valence-electron chi connectivity index (χ3n) is 0.972. The summed E-state index contributed by atoms with van der Waals surface area (Å²) in [7, 11) is 0. The zero-order valence-corrected chi connectivity index (χ0v) is 5.48. The van der Waals surface area contributed by atoms with E-state index < -0.39 is 5.91 Å². The third-order valence-corrected chi connectivity index (χ3v) is 0.972. The van der Waals surface area contributed by atoms with Gasteiger partial charge < -0.3 is 5.11 Å². The molecular weight excluding hydrogens is 148 g/mol. The minimum Gasteiger partial charge on any atom is -0.505 e. The molecule has 0 saturated heterocycles. The molecule has 0 aliphatic rings. The molecule has 4 N–H and O–H groups in total. The predicted molar refractivity (Wildman–Crippen MR) is 35.4 cm³/mol. The van der Waals surface area contributed by atoms with E-state index in [0.29, 0.717) is 0 Å². The summed E-state index contributed by atoms with van der Waals surface area (Å²) in [5.74, 6) is 4.03. The number of hydrogen-bond donors (Lipinski definition) is 3. The van der Waals surface area contributed by atoms with Gasteiger partial charge >= 0.3 is 5.91 Å². The largest absolute Gasteiger partial charge is 0.505 e. The zero-order valence-electron chi connectivity index (χ0n) is 5.48. The van der Waals surface area contributed by atoms with Crippen molar-refractivity contribution in [1.82, 2.24) is 15.4 Å². The van der Waals surface area contributed by atoms with Gasteiger partial charge in [0.15, 0.2) is 5.75 Å². The van der Waals surface area contributed by atoms with Crippen molar-refractivity contribution in [2.45, 2.75) is 0 Å². The van der Waals surface area contributed by atoms with Crippen molar-refractivity contribution in [2.24, 2.45) is 5.84 Å². The number of aromatic nitrogens is 2. The number of nitrogens with one attached hydrogen (secondary N) is 1. The Balaban J connectivity index is 2.90. The fourth-order valence-corrected chi connectivity index (χ4v) is 0.503.